The second kappa shape index (κ2) is 6.42. The molecular formula is C20H18N2O5. The van der Waals surface area contributed by atoms with Crippen molar-refractivity contribution in [3.05, 3.63) is 53.6 Å². The Labute approximate surface area is 155 Å². The molecule has 2 amide bonds. The van der Waals surface area contributed by atoms with Gasteiger partial charge >= 0.3 is 5.97 Å². The molecule has 0 fully saturated rings. The summed E-state index contributed by atoms with van der Waals surface area (Å²) in [4.78, 5) is 39.4. The lowest BCUT2D eigenvalue weighted by Gasteiger charge is -2.33. The summed E-state index contributed by atoms with van der Waals surface area (Å²) >= 11 is 0. The smallest absolute Gasteiger partial charge is 0.346 e. The first-order chi connectivity index (χ1) is 13.0. The Balaban J connectivity index is 1.69. The van der Waals surface area contributed by atoms with Crippen molar-refractivity contribution in [3.63, 3.8) is 0 Å². The van der Waals surface area contributed by atoms with E-state index in [4.69, 9.17) is 4.74 Å². The van der Waals surface area contributed by atoms with Gasteiger partial charge in [0, 0.05) is 24.7 Å². The van der Waals surface area contributed by atoms with Crippen LogP contribution in [0.5, 0.6) is 5.75 Å². The van der Waals surface area contributed by atoms with Crippen molar-refractivity contribution in [1.29, 1.82) is 0 Å². The fraction of sp³-hybridized carbons (Fsp3) is 0.250. The Kier molecular flexibility index (Phi) is 4.07. The topological polar surface area (TPSA) is 87.2 Å². The van der Waals surface area contributed by atoms with Gasteiger partial charge in [0.15, 0.2) is 0 Å². The van der Waals surface area contributed by atoms with Gasteiger partial charge in [-0.25, -0.2) is 4.79 Å². The molecule has 27 heavy (non-hydrogen) atoms. The van der Waals surface area contributed by atoms with Crippen LogP contribution in [-0.4, -0.2) is 42.1 Å². The van der Waals surface area contributed by atoms with Crippen LogP contribution in [0.1, 0.15) is 22.8 Å². The zero-order valence-corrected chi connectivity index (χ0v) is 14.7. The largest absolute Gasteiger partial charge is 0.478 e. The van der Waals surface area contributed by atoms with Crippen LogP contribution in [-0.2, 0) is 16.0 Å². The molecule has 0 saturated heterocycles. The predicted molar refractivity (Wildman–Crippen MR) is 98.3 cm³/mol. The van der Waals surface area contributed by atoms with E-state index < -0.39 is 12.1 Å². The molecule has 2 aliphatic rings. The normalized spacial score (nSPS) is 17.7. The quantitative estimate of drug-likeness (QED) is 0.879. The van der Waals surface area contributed by atoms with Gasteiger partial charge in [-0.2, -0.15) is 0 Å². The minimum atomic E-state index is -1.12. The molecule has 2 aliphatic heterocycles. The highest BCUT2D eigenvalue weighted by Crippen LogP contribution is 2.35. The molecule has 0 saturated carbocycles. The molecule has 2 aromatic rings. The molecule has 0 bridgehead atoms. The summed E-state index contributed by atoms with van der Waals surface area (Å²) in [5, 5.41) is 9.34. The van der Waals surface area contributed by atoms with Gasteiger partial charge in [-0.3, -0.25) is 9.59 Å². The summed E-state index contributed by atoms with van der Waals surface area (Å²) < 4.78 is 5.49. The van der Waals surface area contributed by atoms with Crippen molar-refractivity contribution in [3.8, 4) is 5.75 Å². The van der Waals surface area contributed by atoms with Crippen molar-refractivity contribution in [1.82, 2.24) is 0 Å². The number of ether oxygens (including phenoxy) is 1. The van der Waals surface area contributed by atoms with E-state index in [0.29, 0.717) is 30.0 Å². The second-order valence-electron chi connectivity index (χ2n) is 6.59. The van der Waals surface area contributed by atoms with Crippen LogP contribution in [0, 0.1) is 0 Å². The van der Waals surface area contributed by atoms with Crippen LogP contribution in [0.2, 0.25) is 0 Å². The average Bonchev–Trinajstić information content (AvgIpc) is 3.10. The van der Waals surface area contributed by atoms with Gasteiger partial charge in [-0.1, -0.05) is 12.1 Å². The molecule has 0 unspecified atom stereocenters. The van der Waals surface area contributed by atoms with Crippen LogP contribution in [0.25, 0.3) is 0 Å². The number of hydrogen-bond acceptors (Lipinski definition) is 4. The predicted octanol–water partition coefficient (Wildman–Crippen LogP) is 2.09. The summed E-state index contributed by atoms with van der Waals surface area (Å²) in [6, 6.07) is 12.1. The van der Waals surface area contributed by atoms with E-state index in [1.54, 1.807) is 47.4 Å². The molecule has 1 atom stereocenters. The first-order valence-corrected chi connectivity index (χ1v) is 8.67. The van der Waals surface area contributed by atoms with Crippen LogP contribution in [0.15, 0.2) is 42.5 Å². The lowest BCUT2D eigenvalue weighted by atomic mass is 10.1. The van der Waals surface area contributed by atoms with Crippen LogP contribution in [0.3, 0.4) is 0 Å². The van der Waals surface area contributed by atoms with Crippen LogP contribution in [0.4, 0.5) is 11.4 Å². The third-order valence-electron chi connectivity index (χ3n) is 4.90. The number of para-hydroxylation sites is 2. The zero-order valence-electron chi connectivity index (χ0n) is 14.7. The van der Waals surface area contributed by atoms with E-state index in [2.05, 4.69) is 0 Å². The van der Waals surface area contributed by atoms with Gasteiger partial charge in [0.25, 0.3) is 5.91 Å². The molecular weight excluding hydrogens is 348 g/mol. The number of nitrogens with zero attached hydrogens (tertiary/aromatic N) is 2. The number of carboxylic acids is 1. The summed E-state index contributed by atoms with van der Waals surface area (Å²) in [6.07, 6.45) is -0.431. The molecule has 7 nitrogen and oxygen atoms in total. The Morgan fingerprint density at radius 3 is 2.59 bits per heavy atom. The van der Waals surface area contributed by atoms with Gasteiger partial charge in [-0.15, -0.1) is 0 Å². The first kappa shape index (κ1) is 17.1. The van der Waals surface area contributed by atoms with Crippen molar-refractivity contribution in [2.24, 2.45) is 0 Å². The SMILES string of the molecule is CC(=O)N1CCc2cc(C(=O)N3C[C@@H](C(=O)O)Oc4ccccc43)ccc21. The molecule has 1 N–H and O–H groups in total. The Bertz CT molecular complexity index is 955. The summed E-state index contributed by atoms with van der Waals surface area (Å²) in [6.45, 7) is 2.05. The van der Waals surface area contributed by atoms with Crippen LogP contribution < -0.4 is 14.5 Å². The zero-order chi connectivity index (χ0) is 19.1. The minimum absolute atomic E-state index is 0.0285. The number of aliphatic carboxylic acids is 1. The number of carbonyl (C=O) groups is 3. The molecule has 7 heteroatoms. The molecule has 0 aromatic heterocycles. The number of carboxylic acid groups (broad SMARTS) is 1. The number of benzene rings is 2. The van der Waals surface area contributed by atoms with E-state index in [-0.39, 0.29) is 18.4 Å². The molecule has 2 heterocycles. The molecule has 0 radical (unpaired) electrons. The Morgan fingerprint density at radius 1 is 1.07 bits per heavy atom. The molecule has 138 valence electrons. The van der Waals surface area contributed by atoms with E-state index in [1.807, 2.05) is 0 Å². The van der Waals surface area contributed by atoms with Crippen molar-refractivity contribution in [2.45, 2.75) is 19.4 Å². The Hall–Kier alpha value is -3.35. The van der Waals surface area contributed by atoms with E-state index in [0.717, 1.165) is 11.3 Å². The highest BCUT2D eigenvalue weighted by Gasteiger charge is 2.34. The van der Waals surface area contributed by atoms with Crippen molar-refractivity contribution < 1.29 is 24.2 Å². The first-order valence-electron chi connectivity index (χ1n) is 8.67. The van der Waals surface area contributed by atoms with Crippen molar-refractivity contribution in [2.75, 3.05) is 22.9 Å². The van der Waals surface area contributed by atoms with Gasteiger partial charge in [-0.05, 0) is 42.3 Å². The minimum Gasteiger partial charge on any atom is -0.478 e. The maximum atomic E-state index is 13.1. The monoisotopic (exact) mass is 366 g/mol. The maximum absolute atomic E-state index is 13.1. The number of carbonyl (C=O) groups excluding carboxylic acids is 2. The fourth-order valence-electron chi connectivity index (χ4n) is 3.57. The standard InChI is InChI=1S/C20H18N2O5/c1-12(23)21-9-8-13-10-14(6-7-15(13)21)19(24)22-11-18(20(25)26)27-17-5-3-2-4-16(17)22/h2-7,10,18H,8-9,11H2,1H3,(H,25,26)/t18-/m0/s1. The summed E-state index contributed by atoms with van der Waals surface area (Å²) in [5.41, 5.74) is 2.77. The van der Waals surface area contributed by atoms with E-state index >= 15 is 0 Å². The highest BCUT2D eigenvalue weighted by atomic mass is 16.5. The van der Waals surface area contributed by atoms with Crippen molar-refractivity contribution >= 4 is 29.2 Å². The molecule has 2 aromatic carbocycles. The third kappa shape index (κ3) is 2.91. The number of amides is 2. The highest BCUT2D eigenvalue weighted by molar-refractivity contribution is 6.08. The Morgan fingerprint density at radius 2 is 1.85 bits per heavy atom. The number of anilines is 2. The van der Waals surface area contributed by atoms with E-state index in [9.17, 15) is 19.5 Å². The molecule has 4 rings (SSSR count). The van der Waals surface area contributed by atoms with Gasteiger partial charge in [0.2, 0.25) is 12.0 Å². The fourth-order valence-corrected chi connectivity index (χ4v) is 3.57. The number of hydrogen-bond donors (Lipinski definition) is 1. The third-order valence-corrected chi connectivity index (χ3v) is 4.90. The van der Waals surface area contributed by atoms with Gasteiger partial charge in [0.1, 0.15) is 5.75 Å². The summed E-state index contributed by atoms with van der Waals surface area (Å²) in [7, 11) is 0. The van der Waals surface area contributed by atoms with Gasteiger partial charge < -0.3 is 19.6 Å². The maximum Gasteiger partial charge on any atom is 0.346 e. The van der Waals surface area contributed by atoms with Gasteiger partial charge in [0.05, 0.1) is 12.2 Å². The lowest BCUT2D eigenvalue weighted by molar-refractivity contribution is -0.144. The average molecular weight is 366 g/mol. The van der Waals surface area contributed by atoms with E-state index in [1.165, 1.54) is 11.8 Å². The molecule has 0 spiro atoms. The van der Waals surface area contributed by atoms with Crippen LogP contribution >= 0.6 is 0 Å². The second-order valence-corrected chi connectivity index (χ2v) is 6.59. The molecule has 0 aliphatic carbocycles. The number of rotatable bonds is 2. The summed E-state index contributed by atoms with van der Waals surface area (Å²) in [5.74, 6) is -1.07. The lowest BCUT2D eigenvalue weighted by Crippen LogP contribution is -2.47. The number of fused-ring (bicyclic) bond motifs is 2.